The predicted molar refractivity (Wildman–Crippen MR) is 149 cm³/mol. The van der Waals surface area contributed by atoms with E-state index in [1.165, 1.54) is 18.2 Å². The van der Waals surface area contributed by atoms with Crippen LogP contribution in [0.1, 0.15) is 33.1 Å². The normalized spacial score (nSPS) is 17.5. The number of amides is 1. The Morgan fingerprint density at radius 1 is 0.919 bits per heavy atom. The van der Waals surface area contributed by atoms with Crippen molar-refractivity contribution in [1.82, 2.24) is 19.7 Å². The minimum Gasteiger partial charge on any atom is -0.457 e. The quantitative estimate of drug-likeness (QED) is 0.234. The van der Waals surface area contributed by atoms with Crippen LogP contribution in [0.15, 0.2) is 84.0 Å². The van der Waals surface area contributed by atoms with E-state index in [2.05, 4.69) is 24.0 Å². The maximum Gasteiger partial charge on any atom is 0.233 e. The van der Waals surface area contributed by atoms with E-state index < -0.39 is 0 Å². The van der Waals surface area contributed by atoms with Crippen molar-refractivity contribution in [3.63, 3.8) is 0 Å². The maximum absolute atomic E-state index is 13.2. The van der Waals surface area contributed by atoms with Gasteiger partial charge in [-0.25, -0.2) is 0 Å². The van der Waals surface area contributed by atoms with Crippen molar-refractivity contribution in [2.75, 3.05) is 5.75 Å². The van der Waals surface area contributed by atoms with Gasteiger partial charge in [-0.15, -0.1) is 10.2 Å². The Balaban J connectivity index is 1.42. The summed E-state index contributed by atoms with van der Waals surface area (Å²) in [6.45, 7) is 4.27. The second-order valence-corrected chi connectivity index (χ2v) is 10.7. The van der Waals surface area contributed by atoms with Crippen molar-refractivity contribution in [1.29, 1.82) is 0 Å². The SMILES string of the molecule is CC1CCCC(C)N1C(=O)CSc1nnc(-c2ccc(Cl)cc2)n1-c1ccc(Oc2ccccc2)cc1. The summed E-state index contributed by atoms with van der Waals surface area (Å²) in [6, 6.07) is 25.5. The van der Waals surface area contributed by atoms with Crippen LogP contribution in [-0.2, 0) is 4.79 Å². The van der Waals surface area contributed by atoms with Gasteiger partial charge in [0.1, 0.15) is 11.5 Å². The number of benzene rings is 3. The molecule has 0 saturated carbocycles. The molecule has 1 aliphatic heterocycles. The molecule has 0 N–H and O–H groups in total. The second-order valence-electron chi connectivity index (χ2n) is 9.28. The van der Waals surface area contributed by atoms with Crippen molar-refractivity contribution in [2.45, 2.75) is 50.4 Å². The highest BCUT2D eigenvalue weighted by atomic mass is 35.5. The van der Waals surface area contributed by atoms with E-state index in [-0.39, 0.29) is 18.0 Å². The highest BCUT2D eigenvalue weighted by Crippen LogP contribution is 2.31. The van der Waals surface area contributed by atoms with Crippen LogP contribution in [0.4, 0.5) is 0 Å². The molecule has 1 aromatic heterocycles. The zero-order chi connectivity index (χ0) is 25.8. The first-order valence-electron chi connectivity index (χ1n) is 12.5. The first-order chi connectivity index (χ1) is 18.0. The van der Waals surface area contributed by atoms with Gasteiger partial charge < -0.3 is 9.64 Å². The zero-order valence-electron chi connectivity index (χ0n) is 20.9. The fourth-order valence-electron chi connectivity index (χ4n) is 4.78. The molecule has 8 heteroatoms. The van der Waals surface area contributed by atoms with Gasteiger partial charge in [0.2, 0.25) is 5.91 Å². The number of halogens is 1. The number of carbonyl (C=O) groups excluding carboxylic acids is 1. The molecule has 190 valence electrons. The third-order valence-electron chi connectivity index (χ3n) is 6.62. The number of likely N-dealkylation sites (tertiary alicyclic amines) is 1. The van der Waals surface area contributed by atoms with Gasteiger partial charge in [0.15, 0.2) is 11.0 Å². The number of thioether (sulfide) groups is 1. The number of hydrogen-bond acceptors (Lipinski definition) is 5. The number of para-hydroxylation sites is 1. The Hall–Kier alpha value is -3.29. The monoisotopic (exact) mass is 532 g/mol. The van der Waals surface area contributed by atoms with E-state index in [0.717, 1.165) is 35.6 Å². The molecule has 2 unspecified atom stereocenters. The topological polar surface area (TPSA) is 60.2 Å². The van der Waals surface area contributed by atoms with Crippen molar-refractivity contribution >= 4 is 29.3 Å². The van der Waals surface area contributed by atoms with E-state index in [1.54, 1.807) is 0 Å². The molecule has 0 aliphatic carbocycles. The molecule has 3 aromatic carbocycles. The molecule has 1 aliphatic rings. The summed E-state index contributed by atoms with van der Waals surface area (Å²) >= 11 is 7.54. The Labute approximate surface area is 226 Å². The van der Waals surface area contributed by atoms with Crippen molar-refractivity contribution in [3.8, 4) is 28.6 Å². The van der Waals surface area contributed by atoms with Crippen LogP contribution in [0.25, 0.3) is 17.1 Å². The molecule has 1 fully saturated rings. The number of nitrogens with zero attached hydrogens (tertiary/aromatic N) is 4. The molecule has 0 spiro atoms. The van der Waals surface area contributed by atoms with E-state index >= 15 is 0 Å². The van der Waals surface area contributed by atoms with Gasteiger partial charge in [0.25, 0.3) is 0 Å². The van der Waals surface area contributed by atoms with Crippen LogP contribution in [0.5, 0.6) is 11.5 Å². The molecule has 0 bridgehead atoms. The lowest BCUT2D eigenvalue weighted by atomic mass is 9.98. The molecule has 4 aromatic rings. The largest absolute Gasteiger partial charge is 0.457 e. The lowest BCUT2D eigenvalue weighted by molar-refractivity contribution is -0.134. The molecule has 1 amide bonds. The molecular formula is C29H29ClN4O2S. The smallest absolute Gasteiger partial charge is 0.233 e. The zero-order valence-corrected chi connectivity index (χ0v) is 22.5. The van der Waals surface area contributed by atoms with Gasteiger partial charge in [-0.2, -0.15) is 0 Å². The van der Waals surface area contributed by atoms with Crippen LogP contribution >= 0.6 is 23.4 Å². The number of rotatable bonds is 7. The molecule has 1 saturated heterocycles. The van der Waals surface area contributed by atoms with E-state index in [1.807, 2.05) is 88.3 Å². The standard InChI is InChI=1S/C29H29ClN4O2S/c1-20-7-6-8-21(2)33(20)27(35)19-37-29-32-31-28(22-11-13-23(30)14-12-22)34(29)24-15-17-26(18-16-24)36-25-9-4-3-5-10-25/h3-5,9-18,20-21H,6-8,19H2,1-2H3. The van der Waals surface area contributed by atoms with Crippen molar-refractivity contribution in [3.05, 3.63) is 83.9 Å². The third kappa shape index (κ3) is 5.84. The van der Waals surface area contributed by atoms with Crippen molar-refractivity contribution < 1.29 is 9.53 Å². The summed E-state index contributed by atoms with van der Waals surface area (Å²) in [7, 11) is 0. The maximum atomic E-state index is 13.2. The van der Waals surface area contributed by atoms with E-state index in [9.17, 15) is 4.79 Å². The first-order valence-corrected chi connectivity index (χ1v) is 13.8. The van der Waals surface area contributed by atoms with Gasteiger partial charge in [-0.3, -0.25) is 9.36 Å². The molecule has 5 rings (SSSR count). The molecular weight excluding hydrogens is 504 g/mol. The Morgan fingerprint density at radius 3 is 2.24 bits per heavy atom. The number of aromatic nitrogens is 3. The average Bonchev–Trinajstić information content (AvgIpc) is 3.33. The summed E-state index contributed by atoms with van der Waals surface area (Å²) in [5.74, 6) is 2.63. The number of hydrogen-bond donors (Lipinski definition) is 0. The van der Waals surface area contributed by atoms with E-state index in [4.69, 9.17) is 16.3 Å². The molecule has 0 radical (unpaired) electrons. The predicted octanol–water partition coefficient (Wildman–Crippen LogP) is 7.26. The lowest BCUT2D eigenvalue weighted by Crippen LogP contribution is -2.48. The first kappa shape index (κ1) is 25.4. The minimum absolute atomic E-state index is 0.138. The molecule has 6 nitrogen and oxygen atoms in total. The molecule has 2 atom stereocenters. The highest BCUT2D eigenvalue weighted by Gasteiger charge is 2.29. The Kier molecular flexibility index (Phi) is 7.82. The number of piperidine rings is 1. The molecule has 2 heterocycles. The Bertz CT molecular complexity index is 1330. The second kappa shape index (κ2) is 11.4. The summed E-state index contributed by atoms with van der Waals surface area (Å²) < 4.78 is 7.95. The minimum atomic E-state index is 0.138. The number of ether oxygens (including phenoxy) is 1. The van der Waals surface area contributed by atoms with Gasteiger partial charge in [0, 0.05) is 28.4 Å². The number of carbonyl (C=O) groups is 1. The van der Waals surface area contributed by atoms with Crippen LogP contribution in [-0.4, -0.2) is 43.4 Å². The van der Waals surface area contributed by atoms with Gasteiger partial charge >= 0.3 is 0 Å². The highest BCUT2D eigenvalue weighted by molar-refractivity contribution is 7.99. The molecule has 37 heavy (non-hydrogen) atoms. The summed E-state index contributed by atoms with van der Waals surface area (Å²) in [5.41, 5.74) is 1.77. The Morgan fingerprint density at radius 2 is 1.57 bits per heavy atom. The van der Waals surface area contributed by atoms with Gasteiger partial charge in [0.05, 0.1) is 5.75 Å². The van der Waals surface area contributed by atoms with Gasteiger partial charge in [-0.05, 0) is 93.8 Å². The van der Waals surface area contributed by atoms with Crippen molar-refractivity contribution in [2.24, 2.45) is 0 Å². The summed E-state index contributed by atoms with van der Waals surface area (Å²) in [5, 5.41) is 10.3. The third-order valence-corrected chi connectivity index (χ3v) is 7.78. The lowest BCUT2D eigenvalue weighted by Gasteiger charge is -2.39. The fourth-order valence-corrected chi connectivity index (χ4v) is 5.73. The summed E-state index contributed by atoms with van der Waals surface area (Å²) in [6.07, 6.45) is 3.27. The van der Waals surface area contributed by atoms with Crippen LogP contribution in [0.3, 0.4) is 0 Å². The fraction of sp³-hybridized carbons (Fsp3) is 0.276. The van der Waals surface area contributed by atoms with E-state index in [0.29, 0.717) is 21.8 Å². The summed E-state index contributed by atoms with van der Waals surface area (Å²) in [4.78, 5) is 15.2. The van der Waals surface area contributed by atoms with Crippen LogP contribution in [0, 0.1) is 0 Å². The van der Waals surface area contributed by atoms with Crippen LogP contribution in [0.2, 0.25) is 5.02 Å². The average molecular weight is 533 g/mol. The van der Waals surface area contributed by atoms with Gasteiger partial charge in [-0.1, -0.05) is 41.6 Å². The van der Waals surface area contributed by atoms with Crippen LogP contribution < -0.4 is 4.74 Å².